The van der Waals surface area contributed by atoms with Crippen molar-refractivity contribution >= 4 is 45.0 Å². The van der Waals surface area contributed by atoms with E-state index in [2.05, 4.69) is 15.5 Å². The molecule has 7 nitrogen and oxygen atoms in total. The second-order valence-corrected chi connectivity index (χ2v) is 8.28. The third kappa shape index (κ3) is 3.58. The van der Waals surface area contributed by atoms with Crippen molar-refractivity contribution in [3.05, 3.63) is 64.0 Å². The number of rotatable bonds is 5. The summed E-state index contributed by atoms with van der Waals surface area (Å²) in [5.41, 5.74) is 0.551. The van der Waals surface area contributed by atoms with Gasteiger partial charge < -0.3 is 9.84 Å². The molecule has 1 N–H and O–H groups in total. The van der Waals surface area contributed by atoms with Crippen molar-refractivity contribution in [3.63, 3.8) is 0 Å². The van der Waals surface area contributed by atoms with Gasteiger partial charge >= 0.3 is 0 Å². The van der Waals surface area contributed by atoms with Gasteiger partial charge in [-0.15, -0.1) is 11.3 Å². The molecule has 3 heterocycles. The largest absolute Gasteiger partial charge is 0.360 e. The van der Waals surface area contributed by atoms with E-state index < -0.39 is 5.25 Å². The zero-order valence-corrected chi connectivity index (χ0v) is 16.7. The van der Waals surface area contributed by atoms with E-state index in [9.17, 15) is 9.59 Å². The van der Waals surface area contributed by atoms with E-state index in [1.165, 1.54) is 23.1 Å². The smallest absolute Gasteiger partial charge is 0.267 e. The standard InChI is InChI=1S/C19H16N4O3S2/c1-11-10-15(22-26-11)20-16(24)12(2)28-19-21-17-14(8-9-27-17)18(25)23(19)13-6-4-3-5-7-13/h3-10,12H,1-2H3,(H,20,22,24)/t12-/m1/s1. The van der Waals surface area contributed by atoms with Gasteiger partial charge in [0.15, 0.2) is 11.0 Å². The van der Waals surface area contributed by atoms with Crippen LogP contribution in [-0.4, -0.2) is 25.9 Å². The first kappa shape index (κ1) is 18.5. The summed E-state index contributed by atoms with van der Waals surface area (Å²) >= 11 is 2.62. The lowest BCUT2D eigenvalue weighted by Crippen LogP contribution is -2.26. The summed E-state index contributed by atoms with van der Waals surface area (Å²) in [7, 11) is 0. The van der Waals surface area contributed by atoms with Gasteiger partial charge in [0.2, 0.25) is 5.91 Å². The lowest BCUT2D eigenvalue weighted by atomic mass is 10.3. The topological polar surface area (TPSA) is 90.0 Å². The predicted octanol–water partition coefficient (Wildman–Crippen LogP) is 3.86. The fourth-order valence-electron chi connectivity index (χ4n) is 2.64. The van der Waals surface area contributed by atoms with Crippen molar-refractivity contribution in [2.75, 3.05) is 5.32 Å². The second kappa shape index (κ2) is 7.61. The van der Waals surface area contributed by atoms with E-state index in [-0.39, 0.29) is 11.5 Å². The number of carbonyl (C=O) groups is 1. The Labute approximate surface area is 168 Å². The van der Waals surface area contributed by atoms with Crippen LogP contribution >= 0.6 is 23.1 Å². The van der Waals surface area contributed by atoms with Gasteiger partial charge in [0, 0.05) is 6.07 Å². The molecule has 28 heavy (non-hydrogen) atoms. The normalized spacial score (nSPS) is 12.2. The fourth-order valence-corrected chi connectivity index (χ4v) is 4.38. The summed E-state index contributed by atoms with van der Waals surface area (Å²) in [4.78, 5) is 30.9. The lowest BCUT2D eigenvalue weighted by molar-refractivity contribution is -0.115. The Morgan fingerprint density at radius 1 is 1.29 bits per heavy atom. The van der Waals surface area contributed by atoms with Crippen LogP contribution in [0, 0.1) is 6.92 Å². The molecule has 1 amide bonds. The van der Waals surface area contributed by atoms with E-state index in [0.29, 0.717) is 32.6 Å². The van der Waals surface area contributed by atoms with Crippen LogP contribution in [0.1, 0.15) is 12.7 Å². The molecule has 0 aliphatic rings. The van der Waals surface area contributed by atoms with Gasteiger partial charge in [0.25, 0.3) is 5.56 Å². The summed E-state index contributed by atoms with van der Waals surface area (Å²) < 4.78 is 6.51. The molecule has 0 aliphatic carbocycles. The monoisotopic (exact) mass is 412 g/mol. The van der Waals surface area contributed by atoms with E-state index in [1.54, 1.807) is 30.5 Å². The summed E-state index contributed by atoms with van der Waals surface area (Å²) in [6, 6.07) is 12.7. The van der Waals surface area contributed by atoms with Crippen molar-refractivity contribution in [2.45, 2.75) is 24.3 Å². The SMILES string of the molecule is Cc1cc(NC(=O)[C@@H](C)Sc2nc3sccc3c(=O)n2-c2ccccc2)no1. The molecule has 3 aromatic heterocycles. The maximum Gasteiger partial charge on any atom is 0.267 e. The zero-order chi connectivity index (χ0) is 19.7. The van der Waals surface area contributed by atoms with Crippen molar-refractivity contribution < 1.29 is 9.32 Å². The summed E-state index contributed by atoms with van der Waals surface area (Å²) in [6.45, 7) is 3.51. The van der Waals surface area contributed by atoms with Gasteiger partial charge in [-0.1, -0.05) is 35.1 Å². The van der Waals surface area contributed by atoms with E-state index >= 15 is 0 Å². The van der Waals surface area contributed by atoms with Gasteiger partial charge in [-0.2, -0.15) is 0 Å². The zero-order valence-electron chi connectivity index (χ0n) is 15.1. The van der Waals surface area contributed by atoms with E-state index in [4.69, 9.17) is 4.52 Å². The quantitative estimate of drug-likeness (QED) is 0.395. The maximum absolute atomic E-state index is 13.0. The highest BCUT2D eigenvalue weighted by Gasteiger charge is 2.21. The molecule has 0 aliphatic heterocycles. The van der Waals surface area contributed by atoms with Crippen LogP contribution in [0.15, 0.2) is 62.3 Å². The number of thiophene rings is 1. The maximum atomic E-state index is 13.0. The Hall–Kier alpha value is -2.91. The van der Waals surface area contributed by atoms with Crippen molar-refractivity contribution in [1.82, 2.24) is 14.7 Å². The number of nitrogens with zero attached hydrogens (tertiary/aromatic N) is 3. The molecule has 0 saturated carbocycles. The molecular formula is C19H16N4O3S2. The Morgan fingerprint density at radius 3 is 2.79 bits per heavy atom. The molecule has 1 aromatic carbocycles. The molecule has 0 radical (unpaired) electrons. The van der Waals surface area contributed by atoms with Crippen molar-refractivity contribution in [1.29, 1.82) is 0 Å². The predicted molar refractivity (Wildman–Crippen MR) is 110 cm³/mol. The fraction of sp³-hybridized carbons (Fsp3) is 0.158. The first-order chi connectivity index (χ1) is 13.5. The molecule has 0 fully saturated rings. The summed E-state index contributed by atoms with van der Waals surface area (Å²) in [6.07, 6.45) is 0. The van der Waals surface area contributed by atoms with Crippen LogP contribution in [0.4, 0.5) is 5.82 Å². The van der Waals surface area contributed by atoms with Crippen LogP contribution < -0.4 is 10.9 Å². The number of aromatic nitrogens is 3. The Morgan fingerprint density at radius 2 is 2.07 bits per heavy atom. The van der Waals surface area contributed by atoms with Crippen LogP contribution in [-0.2, 0) is 4.79 Å². The molecule has 1 atom stereocenters. The van der Waals surface area contributed by atoms with Crippen molar-refractivity contribution in [3.8, 4) is 5.69 Å². The van der Waals surface area contributed by atoms with Crippen LogP contribution in [0.25, 0.3) is 15.9 Å². The molecule has 0 spiro atoms. The van der Waals surface area contributed by atoms with Gasteiger partial charge in [-0.25, -0.2) is 4.98 Å². The molecule has 142 valence electrons. The number of anilines is 1. The minimum absolute atomic E-state index is 0.153. The number of hydrogen-bond donors (Lipinski definition) is 1. The number of nitrogens with one attached hydrogen (secondary N) is 1. The number of aryl methyl sites for hydroxylation is 1. The first-order valence-electron chi connectivity index (χ1n) is 8.49. The number of thioether (sulfide) groups is 1. The number of benzene rings is 1. The molecule has 4 rings (SSSR count). The molecule has 0 unspecified atom stereocenters. The number of carbonyl (C=O) groups excluding carboxylic acids is 1. The van der Waals surface area contributed by atoms with Crippen molar-refractivity contribution in [2.24, 2.45) is 0 Å². The summed E-state index contributed by atoms with van der Waals surface area (Å²) in [5, 5.41) is 8.85. The minimum atomic E-state index is -0.503. The van der Waals surface area contributed by atoms with Crippen LogP contribution in [0.5, 0.6) is 0 Å². The average molecular weight is 412 g/mol. The molecule has 4 aromatic rings. The average Bonchev–Trinajstić information content (AvgIpc) is 3.31. The van der Waals surface area contributed by atoms with Gasteiger partial charge in [0.05, 0.1) is 16.3 Å². The molecule has 0 saturated heterocycles. The van der Waals surface area contributed by atoms with E-state index in [0.717, 1.165) is 0 Å². The Bertz CT molecular complexity index is 1200. The number of hydrogen-bond acceptors (Lipinski definition) is 7. The Balaban J connectivity index is 1.69. The second-order valence-electron chi connectivity index (χ2n) is 6.08. The highest BCUT2D eigenvalue weighted by molar-refractivity contribution is 8.00. The third-order valence-electron chi connectivity index (χ3n) is 4.01. The lowest BCUT2D eigenvalue weighted by Gasteiger charge is -2.15. The van der Waals surface area contributed by atoms with Gasteiger partial charge in [0.1, 0.15) is 10.6 Å². The highest BCUT2D eigenvalue weighted by atomic mass is 32.2. The first-order valence-corrected chi connectivity index (χ1v) is 10.3. The number of fused-ring (bicyclic) bond motifs is 1. The van der Waals surface area contributed by atoms with Gasteiger partial charge in [-0.3, -0.25) is 14.2 Å². The van der Waals surface area contributed by atoms with E-state index in [1.807, 2.05) is 35.7 Å². The van der Waals surface area contributed by atoms with Crippen LogP contribution in [0.2, 0.25) is 0 Å². The Kier molecular flexibility index (Phi) is 5.01. The van der Waals surface area contributed by atoms with Gasteiger partial charge in [-0.05, 0) is 37.4 Å². The molecule has 0 bridgehead atoms. The molecular weight excluding hydrogens is 396 g/mol. The minimum Gasteiger partial charge on any atom is -0.360 e. The summed E-state index contributed by atoms with van der Waals surface area (Å²) in [5.74, 6) is 0.717. The third-order valence-corrected chi connectivity index (χ3v) is 5.87. The molecule has 9 heteroatoms. The number of amides is 1. The van der Waals surface area contributed by atoms with Crippen LogP contribution in [0.3, 0.4) is 0 Å². The number of para-hydroxylation sites is 1. The highest BCUT2D eigenvalue weighted by Crippen LogP contribution is 2.27.